The predicted molar refractivity (Wildman–Crippen MR) is 98.6 cm³/mol. The van der Waals surface area contributed by atoms with Gasteiger partial charge in [-0.2, -0.15) is 0 Å². The fourth-order valence-corrected chi connectivity index (χ4v) is 3.14. The molecule has 0 bridgehead atoms. The summed E-state index contributed by atoms with van der Waals surface area (Å²) in [5, 5.41) is 2.54. The lowest BCUT2D eigenvalue weighted by atomic mass is 10.2. The van der Waals surface area contributed by atoms with Crippen molar-refractivity contribution in [3.05, 3.63) is 42.5 Å². The molecule has 11 heteroatoms. The molecule has 1 N–H and O–H groups in total. The van der Waals surface area contributed by atoms with Crippen molar-refractivity contribution >= 4 is 23.3 Å². The summed E-state index contributed by atoms with van der Waals surface area (Å²) in [4.78, 5) is 27.8. The van der Waals surface area contributed by atoms with Crippen LogP contribution >= 0.6 is 0 Å². The number of nitrogens with one attached hydrogen (secondary N) is 1. The van der Waals surface area contributed by atoms with Crippen molar-refractivity contribution in [3.8, 4) is 17.2 Å². The third kappa shape index (κ3) is 4.34. The molecule has 0 aromatic heterocycles. The maximum absolute atomic E-state index is 12.6. The van der Waals surface area contributed by atoms with E-state index in [0.717, 1.165) is 12.1 Å². The van der Waals surface area contributed by atoms with Crippen molar-refractivity contribution in [2.45, 2.75) is 6.36 Å². The molecule has 30 heavy (non-hydrogen) atoms. The summed E-state index contributed by atoms with van der Waals surface area (Å²) in [6.07, 6.45) is -4.79. The maximum Gasteiger partial charge on any atom is 0.573 e. The number of alkyl halides is 3. The number of rotatable bonds is 5. The Hall–Kier alpha value is -3.63. The highest BCUT2D eigenvalue weighted by Gasteiger charge is 2.32. The predicted octanol–water partition coefficient (Wildman–Crippen LogP) is 3.19. The number of fused-ring (bicyclic) bond motifs is 1. The van der Waals surface area contributed by atoms with E-state index in [1.807, 2.05) is 0 Å². The first-order valence-electron chi connectivity index (χ1n) is 8.90. The first kappa shape index (κ1) is 19.7. The number of ether oxygens (including phenoxy) is 3. The summed E-state index contributed by atoms with van der Waals surface area (Å²) in [6.45, 7) is 0.678. The monoisotopic (exact) mass is 423 g/mol. The smallest absolute Gasteiger partial charge is 0.454 e. The van der Waals surface area contributed by atoms with E-state index in [2.05, 4.69) is 10.1 Å². The summed E-state index contributed by atoms with van der Waals surface area (Å²) in [7, 11) is 0. The molecule has 2 aromatic rings. The highest BCUT2D eigenvalue weighted by Crippen LogP contribution is 2.36. The van der Waals surface area contributed by atoms with Crippen LogP contribution in [0.1, 0.15) is 0 Å². The molecular weight excluding hydrogens is 407 g/mol. The molecule has 0 unspecified atom stereocenters. The molecule has 2 heterocycles. The fourth-order valence-electron chi connectivity index (χ4n) is 3.14. The van der Waals surface area contributed by atoms with E-state index in [4.69, 9.17) is 9.47 Å². The number of carbonyl (C=O) groups is 2. The van der Waals surface area contributed by atoms with Crippen LogP contribution < -0.4 is 24.4 Å². The number of urea groups is 1. The Morgan fingerprint density at radius 1 is 1.07 bits per heavy atom. The molecule has 158 valence electrons. The van der Waals surface area contributed by atoms with Gasteiger partial charge >= 0.3 is 12.4 Å². The minimum Gasteiger partial charge on any atom is -0.454 e. The molecule has 0 radical (unpaired) electrons. The Balaban J connectivity index is 1.33. The van der Waals surface area contributed by atoms with E-state index in [0.29, 0.717) is 30.3 Å². The summed E-state index contributed by atoms with van der Waals surface area (Å²) >= 11 is 0. The third-order valence-electron chi connectivity index (χ3n) is 4.47. The van der Waals surface area contributed by atoms with Crippen molar-refractivity contribution in [1.82, 2.24) is 4.90 Å². The number of halogens is 3. The normalized spacial score (nSPS) is 15.5. The Morgan fingerprint density at radius 2 is 1.80 bits per heavy atom. The number of hydrogen-bond donors (Lipinski definition) is 1. The number of benzene rings is 2. The van der Waals surface area contributed by atoms with Gasteiger partial charge in [0.1, 0.15) is 12.3 Å². The highest BCUT2D eigenvalue weighted by molar-refractivity contribution is 5.99. The van der Waals surface area contributed by atoms with Crippen molar-refractivity contribution < 1.29 is 37.0 Å². The number of carbonyl (C=O) groups excluding carboxylic acids is 2. The summed E-state index contributed by atoms with van der Waals surface area (Å²) in [5.41, 5.74) is 0.918. The van der Waals surface area contributed by atoms with Crippen LogP contribution in [-0.4, -0.2) is 49.6 Å². The molecule has 0 spiro atoms. The van der Waals surface area contributed by atoms with Crippen LogP contribution in [0.2, 0.25) is 0 Å². The van der Waals surface area contributed by atoms with Crippen LogP contribution in [0.3, 0.4) is 0 Å². The van der Waals surface area contributed by atoms with E-state index in [9.17, 15) is 22.8 Å². The molecule has 0 saturated carbocycles. The number of nitrogens with zero attached hydrogens (tertiary/aromatic N) is 2. The minimum absolute atomic E-state index is 0.127. The van der Waals surface area contributed by atoms with Crippen LogP contribution in [0.5, 0.6) is 17.2 Å². The maximum atomic E-state index is 12.6. The van der Waals surface area contributed by atoms with Crippen molar-refractivity contribution in [2.24, 2.45) is 0 Å². The van der Waals surface area contributed by atoms with Gasteiger partial charge in [-0.1, -0.05) is 0 Å². The Bertz CT molecular complexity index is 965. The van der Waals surface area contributed by atoms with Gasteiger partial charge in [0.2, 0.25) is 12.7 Å². The van der Waals surface area contributed by atoms with E-state index in [-0.39, 0.29) is 25.1 Å². The van der Waals surface area contributed by atoms with Gasteiger partial charge in [-0.15, -0.1) is 13.2 Å². The lowest BCUT2D eigenvalue weighted by Crippen LogP contribution is -2.37. The fraction of sp³-hybridized carbons (Fsp3) is 0.263. The molecule has 0 atom stereocenters. The van der Waals surface area contributed by atoms with Crippen molar-refractivity contribution in [3.63, 3.8) is 0 Å². The number of amides is 3. The Labute approximate surface area is 168 Å². The summed E-state index contributed by atoms with van der Waals surface area (Å²) < 4.78 is 50.9. The molecule has 1 saturated heterocycles. The topological polar surface area (TPSA) is 80.3 Å². The van der Waals surface area contributed by atoms with Crippen LogP contribution in [0, 0.1) is 0 Å². The van der Waals surface area contributed by atoms with Crippen molar-refractivity contribution in [2.75, 3.05) is 36.6 Å². The van der Waals surface area contributed by atoms with E-state index >= 15 is 0 Å². The summed E-state index contributed by atoms with van der Waals surface area (Å²) in [5.74, 6) is 0.290. The first-order valence-corrected chi connectivity index (χ1v) is 8.90. The molecule has 1 fully saturated rings. The average molecular weight is 423 g/mol. The van der Waals surface area contributed by atoms with Crippen molar-refractivity contribution in [1.29, 1.82) is 0 Å². The molecule has 4 rings (SSSR count). The second-order valence-corrected chi connectivity index (χ2v) is 6.51. The van der Waals surface area contributed by atoms with Crippen LogP contribution in [0.4, 0.5) is 29.3 Å². The summed E-state index contributed by atoms with van der Waals surface area (Å²) in [6, 6.07) is 9.56. The van der Waals surface area contributed by atoms with E-state index in [1.54, 1.807) is 18.2 Å². The highest BCUT2D eigenvalue weighted by atomic mass is 19.4. The van der Waals surface area contributed by atoms with Gasteiger partial charge in [-0.25, -0.2) is 4.79 Å². The van der Waals surface area contributed by atoms with Gasteiger partial charge in [0.05, 0.1) is 0 Å². The zero-order valence-corrected chi connectivity index (χ0v) is 15.4. The first-order chi connectivity index (χ1) is 14.3. The van der Waals surface area contributed by atoms with Gasteiger partial charge in [0.15, 0.2) is 11.5 Å². The Morgan fingerprint density at radius 3 is 2.53 bits per heavy atom. The van der Waals surface area contributed by atoms with E-state index in [1.165, 1.54) is 21.9 Å². The third-order valence-corrected chi connectivity index (χ3v) is 4.47. The second-order valence-electron chi connectivity index (χ2n) is 6.51. The van der Waals surface area contributed by atoms with Gasteiger partial charge in [0, 0.05) is 30.5 Å². The minimum atomic E-state index is -4.79. The molecule has 2 aliphatic rings. The van der Waals surface area contributed by atoms with Gasteiger partial charge < -0.3 is 24.4 Å². The zero-order chi connectivity index (χ0) is 21.3. The largest absolute Gasteiger partial charge is 0.573 e. The molecule has 2 aromatic carbocycles. The molecule has 2 aliphatic heterocycles. The lowest BCUT2D eigenvalue weighted by Gasteiger charge is -2.18. The second kappa shape index (κ2) is 7.65. The van der Waals surface area contributed by atoms with Crippen LogP contribution in [-0.2, 0) is 4.79 Å². The molecule has 0 aliphatic carbocycles. The quantitative estimate of drug-likeness (QED) is 0.799. The van der Waals surface area contributed by atoms with Crippen LogP contribution in [0.25, 0.3) is 0 Å². The van der Waals surface area contributed by atoms with Gasteiger partial charge in [-0.05, 0) is 36.4 Å². The van der Waals surface area contributed by atoms with Crippen LogP contribution in [0.15, 0.2) is 42.5 Å². The number of anilines is 2. The molecule has 8 nitrogen and oxygen atoms in total. The average Bonchev–Trinajstić information content (AvgIpc) is 3.28. The lowest BCUT2D eigenvalue weighted by molar-refractivity contribution is -0.274. The Kier molecular flexibility index (Phi) is 5.02. The molecule has 3 amide bonds. The van der Waals surface area contributed by atoms with E-state index < -0.39 is 18.0 Å². The van der Waals surface area contributed by atoms with Gasteiger partial charge in [0.25, 0.3) is 0 Å². The SMILES string of the molecule is O=C(CN1CCN(c2ccc3c(c2)OCO3)C1=O)Nc1ccc(OC(F)(F)F)cc1. The zero-order valence-electron chi connectivity index (χ0n) is 15.4. The van der Waals surface area contributed by atoms with Gasteiger partial charge in [-0.3, -0.25) is 9.69 Å². The standard InChI is InChI=1S/C19H16F3N3O5/c20-19(21,22)30-14-4-1-12(2-5-14)23-17(26)10-24-7-8-25(18(24)27)13-3-6-15-16(9-13)29-11-28-15/h1-6,9H,7-8,10-11H2,(H,23,26). The number of hydrogen-bond acceptors (Lipinski definition) is 5. The molecular formula is C19H16F3N3O5.